The lowest BCUT2D eigenvalue weighted by Crippen LogP contribution is -2.97. The number of nitrogens with two attached hydrogens (primary N) is 1. The Bertz CT molecular complexity index is 684. The summed E-state index contributed by atoms with van der Waals surface area (Å²) in [5.41, 5.74) is 0.964. The standard InChI is InChI=1S/C17H20N2O4/c1-9-5-7-10(8-6-9)13-11-12(15(21)19(3)14(11)20)17(2,18-13)16(22)23-4/h5-8,11-13,18H,1-4H3/p+1/t11-,12-,13-,17-/m0/s1. The quantitative estimate of drug-likeness (QED) is 0.604. The Morgan fingerprint density at radius 3 is 2.39 bits per heavy atom. The van der Waals surface area contributed by atoms with Gasteiger partial charge in [0, 0.05) is 19.5 Å². The molecule has 1 aromatic rings. The maximum Gasteiger partial charge on any atom is 0.368 e. The van der Waals surface area contributed by atoms with Gasteiger partial charge in [0.1, 0.15) is 17.9 Å². The molecule has 2 heterocycles. The van der Waals surface area contributed by atoms with E-state index in [1.807, 2.05) is 36.5 Å². The molecule has 4 atom stereocenters. The van der Waals surface area contributed by atoms with Gasteiger partial charge in [0.25, 0.3) is 0 Å². The lowest BCUT2D eigenvalue weighted by Gasteiger charge is -2.24. The lowest BCUT2D eigenvalue weighted by molar-refractivity contribution is -0.731. The van der Waals surface area contributed by atoms with Crippen LogP contribution in [-0.4, -0.2) is 42.4 Å². The highest BCUT2D eigenvalue weighted by Crippen LogP contribution is 2.43. The SMILES string of the molecule is COC(=O)[C@@]1(C)[NH2+][C@@H](c2ccc(C)cc2)[C@H]2C(=O)N(C)C(=O)[C@H]21. The molecule has 0 saturated carbocycles. The molecule has 0 aliphatic carbocycles. The van der Waals surface area contributed by atoms with Crippen LogP contribution in [0.5, 0.6) is 0 Å². The average molecular weight is 317 g/mol. The van der Waals surface area contributed by atoms with Crippen molar-refractivity contribution in [1.82, 2.24) is 4.90 Å². The van der Waals surface area contributed by atoms with E-state index in [9.17, 15) is 14.4 Å². The number of likely N-dealkylation sites (tertiary alicyclic amines) is 1. The van der Waals surface area contributed by atoms with E-state index in [0.717, 1.165) is 16.0 Å². The zero-order valence-electron chi connectivity index (χ0n) is 13.7. The van der Waals surface area contributed by atoms with Gasteiger partial charge in [0.15, 0.2) is 0 Å². The van der Waals surface area contributed by atoms with Crippen LogP contribution >= 0.6 is 0 Å². The van der Waals surface area contributed by atoms with Gasteiger partial charge in [-0.05, 0) is 6.92 Å². The second-order valence-electron chi connectivity index (χ2n) is 6.62. The maximum atomic E-state index is 12.6. The van der Waals surface area contributed by atoms with Crippen molar-refractivity contribution in [2.75, 3.05) is 14.2 Å². The number of aryl methyl sites for hydroxylation is 1. The van der Waals surface area contributed by atoms with Crippen LogP contribution in [0.25, 0.3) is 0 Å². The Kier molecular flexibility index (Phi) is 3.52. The molecule has 0 bridgehead atoms. The van der Waals surface area contributed by atoms with Gasteiger partial charge < -0.3 is 10.1 Å². The zero-order chi connectivity index (χ0) is 16.9. The van der Waals surface area contributed by atoms with Crippen molar-refractivity contribution < 1.29 is 24.4 Å². The molecule has 1 aromatic carbocycles. The number of amides is 2. The summed E-state index contributed by atoms with van der Waals surface area (Å²) in [5, 5.41) is 1.82. The van der Waals surface area contributed by atoms with E-state index >= 15 is 0 Å². The summed E-state index contributed by atoms with van der Waals surface area (Å²) < 4.78 is 4.92. The fourth-order valence-electron chi connectivity index (χ4n) is 3.91. The van der Waals surface area contributed by atoms with E-state index in [4.69, 9.17) is 4.74 Å². The topological polar surface area (TPSA) is 80.3 Å². The number of ether oxygens (including phenoxy) is 1. The molecule has 6 nitrogen and oxygen atoms in total. The molecular formula is C17H21N2O4+. The van der Waals surface area contributed by atoms with Gasteiger partial charge in [0.05, 0.1) is 7.11 Å². The summed E-state index contributed by atoms with van der Waals surface area (Å²) in [4.78, 5) is 38.6. The van der Waals surface area contributed by atoms with Gasteiger partial charge in [-0.1, -0.05) is 29.8 Å². The summed E-state index contributed by atoms with van der Waals surface area (Å²) in [6.07, 6.45) is 0. The molecule has 0 unspecified atom stereocenters. The van der Waals surface area contributed by atoms with Crippen LogP contribution in [0.15, 0.2) is 24.3 Å². The van der Waals surface area contributed by atoms with Gasteiger partial charge >= 0.3 is 5.97 Å². The number of carbonyl (C=O) groups is 3. The normalized spacial score (nSPS) is 33.0. The highest BCUT2D eigenvalue weighted by Gasteiger charge is 2.70. The number of esters is 1. The van der Waals surface area contributed by atoms with Crippen molar-refractivity contribution in [3.05, 3.63) is 35.4 Å². The Hall–Kier alpha value is -2.21. The zero-order valence-corrected chi connectivity index (χ0v) is 13.7. The second kappa shape index (κ2) is 5.16. The average Bonchev–Trinajstić information content (AvgIpc) is 2.97. The largest absolute Gasteiger partial charge is 0.464 e. The molecule has 122 valence electrons. The molecular weight excluding hydrogens is 296 g/mol. The van der Waals surface area contributed by atoms with Crippen LogP contribution in [0.4, 0.5) is 0 Å². The van der Waals surface area contributed by atoms with Crippen molar-refractivity contribution in [1.29, 1.82) is 0 Å². The molecule has 0 aromatic heterocycles. The van der Waals surface area contributed by atoms with E-state index < -0.39 is 23.3 Å². The summed E-state index contributed by atoms with van der Waals surface area (Å²) in [6.45, 7) is 3.68. The minimum Gasteiger partial charge on any atom is -0.464 e. The van der Waals surface area contributed by atoms with Crippen LogP contribution in [0, 0.1) is 18.8 Å². The minimum atomic E-state index is -1.09. The number of hydrogen-bond acceptors (Lipinski definition) is 4. The van der Waals surface area contributed by atoms with E-state index in [-0.39, 0.29) is 17.9 Å². The predicted octanol–water partition coefficient (Wildman–Crippen LogP) is -0.224. The van der Waals surface area contributed by atoms with Crippen molar-refractivity contribution in [2.24, 2.45) is 11.8 Å². The first-order chi connectivity index (χ1) is 10.8. The van der Waals surface area contributed by atoms with Crippen LogP contribution in [-0.2, 0) is 19.1 Å². The first kappa shape index (κ1) is 15.7. The van der Waals surface area contributed by atoms with E-state index in [1.165, 1.54) is 14.2 Å². The molecule has 2 fully saturated rings. The van der Waals surface area contributed by atoms with Gasteiger partial charge in [-0.3, -0.25) is 14.5 Å². The van der Waals surface area contributed by atoms with Gasteiger partial charge in [-0.2, -0.15) is 0 Å². The monoisotopic (exact) mass is 317 g/mol. The summed E-state index contributed by atoms with van der Waals surface area (Å²) in [7, 11) is 2.79. The number of benzene rings is 1. The van der Waals surface area contributed by atoms with E-state index in [2.05, 4.69) is 0 Å². The molecule has 2 saturated heterocycles. The summed E-state index contributed by atoms with van der Waals surface area (Å²) in [6, 6.07) is 7.57. The number of nitrogens with zero attached hydrogens (tertiary/aromatic N) is 1. The highest BCUT2D eigenvalue weighted by molar-refractivity contribution is 6.08. The van der Waals surface area contributed by atoms with Gasteiger partial charge in [0.2, 0.25) is 17.4 Å². The Balaban J connectivity index is 2.09. The fraction of sp³-hybridized carbons (Fsp3) is 0.471. The van der Waals surface area contributed by atoms with Crippen LogP contribution in [0.3, 0.4) is 0 Å². The molecule has 0 spiro atoms. The molecule has 2 amide bonds. The molecule has 23 heavy (non-hydrogen) atoms. The summed E-state index contributed by atoms with van der Waals surface area (Å²) in [5.74, 6) is -2.25. The number of imide groups is 1. The first-order valence-corrected chi connectivity index (χ1v) is 7.63. The highest BCUT2D eigenvalue weighted by atomic mass is 16.5. The van der Waals surface area contributed by atoms with Crippen molar-refractivity contribution in [3.8, 4) is 0 Å². The number of fused-ring (bicyclic) bond motifs is 1. The number of methoxy groups -OCH3 is 1. The van der Waals surface area contributed by atoms with Crippen molar-refractivity contribution >= 4 is 17.8 Å². The smallest absolute Gasteiger partial charge is 0.368 e. The lowest BCUT2D eigenvalue weighted by atomic mass is 9.80. The summed E-state index contributed by atoms with van der Waals surface area (Å²) >= 11 is 0. The van der Waals surface area contributed by atoms with Crippen molar-refractivity contribution in [3.63, 3.8) is 0 Å². The molecule has 0 radical (unpaired) electrons. The molecule has 2 aliphatic rings. The third-order valence-electron chi connectivity index (χ3n) is 5.22. The third kappa shape index (κ3) is 2.09. The number of rotatable bonds is 2. The van der Waals surface area contributed by atoms with Crippen LogP contribution in [0.2, 0.25) is 0 Å². The molecule has 3 rings (SSSR count). The van der Waals surface area contributed by atoms with Gasteiger partial charge in [-0.25, -0.2) is 4.79 Å². The third-order valence-corrected chi connectivity index (χ3v) is 5.22. The molecule has 2 N–H and O–H groups in total. The predicted molar refractivity (Wildman–Crippen MR) is 81.0 cm³/mol. The minimum absolute atomic E-state index is 0.227. The fourth-order valence-corrected chi connectivity index (χ4v) is 3.91. The van der Waals surface area contributed by atoms with Crippen LogP contribution < -0.4 is 5.32 Å². The van der Waals surface area contributed by atoms with E-state index in [1.54, 1.807) is 6.92 Å². The molecule has 6 heteroatoms. The Morgan fingerprint density at radius 1 is 1.22 bits per heavy atom. The maximum absolute atomic E-state index is 12.6. The Morgan fingerprint density at radius 2 is 1.83 bits per heavy atom. The number of carbonyl (C=O) groups excluding carboxylic acids is 3. The van der Waals surface area contributed by atoms with Crippen LogP contribution in [0.1, 0.15) is 24.1 Å². The second-order valence-corrected chi connectivity index (χ2v) is 6.62. The van der Waals surface area contributed by atoms with Crippen molar-refractivity contribution in [2.45, 2.75) is 25.4 Å². The first-order valence-electron chi connectivity index (χ1n) is 7.63. The van der Waals surface area contributed by atoms with E-state index in [0.29, 0.717) is 0 Å². The Labute approximate surface area is 134 Å². The number of quaternary nitrogens is 1. The molecule has 2 aliphatic heterocycles. The number of hydrogen-bond donors (Lipinski definition) is 1. The van der Waals surface area contributed by atoms with Gasteiger partial charge in [-0.15, -0.1) is 0 Å².